The van der Waals surface area contributed by atoms with Crippen LogP contribution in [0.4, 0.5) is 5.69 Å². The maximum Gasteiger partial charge on any atom is 0.268 e. The number of nitrogens with zero attached hydrogens (tertiary/aromatic N) is 3. The third-order valence-electron chi connectivity index (χ3n) is 5.63. The van der Waals surface area contributed by atoms with Crippen LogP contribution in [0.1, 0.15) is 42.5 Å². The lowest BCUT2D eigenvalue weighted by Gasteiger charge is -2.33. The molecule has 1 atom stereocenters. The molecule has 0 bridgehead atoms. The summed E-state index contributed by atoms with van der Waals surface area (Å²) < 4.78 is 0. The standard InChI is InChI=1S/C24H25N3O2S/c1-16(2)11-22(28)27-9-10-30-24(27)20-12-17(3)7-8-21(20)26(23(24)29)15-19-6-4-5-18(13-19)14-25/h4-8,12-13,16H,9-11,15H2,1-3H3/t24-/m0/s1. The Kier molecular flexibility index (Phi) is 5.33. The quantitative estimate of drug-likeness (QED) is 0.745. The first-order chi connectivity index (χ1) is 14.4. The Hall–Kier alpha value is -2.78. The first-order valence-corrected chi connectivity index (χ1v) is 11.2. The van der Waals surface area contributed by atoms with E-state index in [1.807, 2.05) is 57.2 Å². The predicted octanol–water partition coefficient (Wildman–Crippen LogP) is 4.19. The predicted molar refractivity (Wildman–Crippen MR) is 119 cm³/mol. The lowest BCUT2D eigenvalue weighted by Crippen LogP contribution is -2.50. The molecule has 2 aromatic carbocycles. The molecule has 2 aliphatic heterocycles. The fourth-order valence-electron chi connectivity index (χ4n) is 4.32. The van der Waals surface area contributed by atoms with Crippen LogP contribution in [0.2, 0.25) is 0 Å². The number of anilines is 1. The average Bonchev–Trinajstić information content (AvgIpc) is 3.25. The van der Waals surface area contributed by atoms with Gasteiger partial charge in [-0.25, -0.2) is 0 Å². The van der Waals surface area contributed by atoms with Gasteiger partial charge in [-0.2, -0.15) is 5.26 Å². The maximum absolute atomic E-state index is 13.9. The van der Waals surface area contributed by atoms with Crippen LogP contribution in [-0.4, -0.2) is 29.0 Å². The highest BCUT2D eigenvalue weighted by Gasteiger charge is 2.59. The molecule has 5 nitrogen and oxygen atoms in total. The number of nitriles is 1. The maximum atomic E-state index is 13.9. The number of benzene rings is 2. The molecule has 2 aliphatic rings. The zero-order chi connectivity index (χ0) is 21.5. The molecular formula is C24H25N3O2S. The van der Waals surface area contributed by atoms with E-state index in [-0.39, 0.29) is 17.7 Å². The summed E-state index contributed by atoms with van der Waals surface area (Å²) in [7, 11) is 0. The minimum atomic E-state index is -0.986. The molecule has 0 aliphatic carbocycles. The van der Waals surface area contributed by atoms with Gasteiger partial charge < -0.3 is 9.80 Å². The number of carbonyl (C=O) groups excluding carboxylic acids is 2. The van der Waals surface area contributed by atoms with Gasteiger partial charge in [0, 0.05) is 24.3 Å². The molecule has 2 aromatic rings. The Morgan fingerprint density at radius 2 is 2.07 bits per heavy atom. The van der Waals surface area contributed by atoms with Gasteiger partial charge in [-0.05, 0) is 36.6 Å². The zero-order valence-corrected chi connectivity index (χ0v) is 18.3. The fraction of sp³-hybridized carbons (Fsp3) is 0.375. The first kappa shape index (κ1) is 20.5. The average molecular weight is 420 g/mol. The Morgan fingerprint density at radius 1 is 1.27 bits per heavy atom. The van der Waals surface area contributed by atoms with Crippen LogP contribution in [-0.2, 0) is 21.0 Å². The van der Waals surface area contributed by atoms with Crippen LogP contribution in [0.5, 0.6) is 0 Å². The van der Waals surface area contributed by atoms with E-state index < -0.39 is 4.87 Å². The van der Waals surface area contributed by atoms with Crippen molar-refractivity contribution in [2.24, 2.45) is 5.92 Å². The number of amides is 2. The lowest BCUT2D eigenvalue weighted by molar-refractivity contribution is -0.140. The second kappa shape index (κ2) is 7.81. The van der Waals surface area contributed by atoms with E-state index in [9.17, 15) is 14.9 Å². The zero-order valence-electron chi connectivity index (χ0n) is 17.5. The Balaban J connectivity index is 1.78. The number of aryl methyl sites for hydroxylation is 1. The van der Waals surface area contributed by atoms with Gasteiger partial charge in [0.05, 0.1) is 23.9 Å². The highest BCUT2D eigenvalue weighted by molar-refractivity contribution is 8.01. The molecule has 0 unspecified atom stereocenters. The number of thioether (sulfide) groups is 1. The second-order valence-electron chi connectivity index (χ2n) is 8.36. The first-order valence-electron chi connectivity index (χ1n) is 10.2. The van der Waals surface area contributed by atoms with Crippen LogP contribution >= 0.6 is 11.8 Å². The molecular weight excluding hydrogens is 394 g/mol. The molecule has 0 N–H and O–H groups in total. The number of rotatable bonds is 4. The van der Waals surface area contributed by atoms with E-state index >= 15 is 0 Å². The number of fused-ring (bicyclic) bond motifs is 2. The van der Waals surface area contributed by atoms with E-state index in [1.165, 1.54) is 0 Å². The Morgan fingerprint density at radius 3 is 2.80 bits per heavy atom. The summed E-state index contributed by atoms with van der Waals surface area (Å²) in [4.78, 5) is 29.6. The van der Waals surface area contributed by atoms with Gasteiger partial charge in [-0.15, -0.1) is 11.8 Å². The van der Waals surface area contributed by atoms with Crippen LogP contribution in [0.3, 0.4) is 0 Å². The van der Waals surface area contributed by atoms with E-state index in [1.54, 1.807) is 27.6 Å². The van der Waals surface area contributed by atoms with Crippen molar-refractivity contribution in [2.75, 3.05) is 17.2 Å². The minimum absolute atomic E-state index is 0.0316. The van der Waals surface area contributed by atoms with Crippen molar-refractivity contribution in [3.05, 3.63) is 64.7 Å². The molecule has 4 rings (SSSR count). The molecule has 30 heavy (non-hydrogen) atoms. The number of hydrogen-bond donors (Lipinski definition) is 0. The summed E-state index contributed by atoms with van der Waals surface area (Å²) in [6, 6.07) is 15.5. The van der Waals surface area contributed by atoms with Crippen LogP contribution in [0.15, 0.2) is 42.5 Å². The molecule has 2 heterocycles. The fourth-order valence-corrected chi connectivity index (χ4v) is 5.79. The van der Waals surface area contributed by atoms with Gasteiger partial charge in [-0.3, -0.25) is 9.59 Å². The third kappa shape index (κ3) is 3.27. The van der Waals surface area contributed by atoms with Crippen molar-refractivity contribution in [1.29, 1.82) is 5.26 Å². The molecule has 0 saturated carbocycles. The van der Waals surface area contributed by atoms with Gasteiger partial charge in [0.2, 0.25) is 5.91 Å². The molecule has 1 spiro atoms. The lowest BCUT2D eigenvalue weighted by atomic mass is 10.0. The van der Waals surface area contributed by atoms with Crippen molar-refractivity contribution in [3.8, 4) is 6.07 Å². The van der Waals surface area contributed by atoms with Crippen molar-refractivity contribution in [2.45, 2.75) is 38.6 Å². The van der Waals surface area contributed by atoms with E-state index in [0.29, 0.717) is 25.1 Å². The van der Waals surface area contributed by atoms with Crippen molar-refractivity contribution in [1.82, 2.24) is 4.90 Å². The summed E-state index contributed by atoms with van der Waals surface area (Å²) in [5, 5.41) is 9.22. The second-order valence-corrected chi connectivity index (χ2v) is 9.65. The molecule has 0 radical (unpaired) electrons. The minimum Gasteiger partial charge on any atom is -0.315 e. The van der Waals surface area contributed by atoms with Gasteiger partial charge in [0.25, 0.3) is 5.91 Å². The summed E-state index contributed by atoms with van der Waals surface area (Å²) >= 11 is 1.56. The molecule has 2 amide bonds. The topological polar surface area (TPSA) is 64.4 Å². The van der Waals surface area contributed by atoms with Gasteiger partial charge in [-0.1, -0.05) is 43.7 Å². The summed E-state index contributed by atoms with van der Waals surface area (Å²) in [5.74, 6) is 0.938. The van der Waals surface area contributed by atoms with Gasteiger partial charge in [0.15, 0.2) is 4.87 Å². The van der Waals surface area contributed by atoms with Crippen LogP contribution in [0.25, 0.3) is 0 Å². The van der Waals surface area contributed by atoms with Crippen LogP contribution < -0.4 is 4.90 Å². The number of carbonyl (C=O) groups is 2. The smallest absolute Gasteiger partial charge is 0.268 e. The van der Waals surface area contributed by atoms with Crippen molar-refractivity contribution < 1.29 is 9.59 Å². The molecule has 6 heteroatoms. The highest BCUT2D eigenvalue weighted by atomic mass is 32.2. The van der Waals surface area contributed by atoms with Crippen molar-refractivity contribution in [3.63, 3.8) is 0 Å². The normalized spacial score (nSPS) is 20.2. The largest absolute Gasteiger partial charge is 0.315 e. The third-order valence-corrected chi connectivity index (χ3v) is 7.05. The monoisotopic (exact) mass is 419 g/mol. The summed E-state index contributed by atoms with van der Waals surface area (Å²) in [5.41, 5.74) is 4.29. The van der Waals surface area contributed by atoms with E-state index in [2.05, 4.69) is 6.07 Å². The molecule has 1 saturated heterocycles. The highest BCUT2D eigenvalue weighted by Crippen LogP contribution is 2.54. The summed E-state index contributed by atoms with van der Waals surface area (Å²) in [6.07, 6.45) is 0.432. The van der Waals surface area contributed by atoms with E-state index in [4.69, 9.17) is 0 Å². The molecule has 154 valence electrons. The number of hydrogen-bond acceptors (Lipinski definition) is 4. The Labute approximate surface area is 181 Å². The SMILES string of the molecule is Cc1ccc2c(c1)[C@]1(SCCN1C(=O)CC(C)C)C(=O)N2Cc1cccc(C#N)c1. The summed E-state index contributed by atoms with van der Waals surface area (Å²) in [6.45, 7) is 7.01. The molecule has 1 fully saturated rings. The Bertz CT molecular complexity index is 1060. The van der Waals surface area contributed by atoms with Crippen molar-refractivity contribution >= 4 is 29.3 Å². The van der Waals surface area contributed by atoms with Gasteiger partial charge in [0.1, 0.15) is 0 Å². The van der Waals surface area contributed by atoms with Crippen LogP contribution in [0, 0.1) is 24.2 Å². The molecule has 0 aromatic heterocycles. The van der Waals surface area contributed by atoms with Gasteiger partial charge >= 0.3 is 0 Å². The van der Waals surface area contributed by atoms with E-state index in [0.717, 1.165) is 28.1 Å².